The summed E-state index contributed by atoms with van der Waals surface area (Å²) in [7, 11) is 0. The van der Waals surface area contributed by atoms with Crippen molar-refractivity contribution < 1.29 is 13.6 Å². The summed E-state index contributed by atoms with van der Waals surface area (Å²) >= 11 is 5.61. The highest BCUT2D eigenvalue weighted by molar-refractivity contribution is 6.18. The van der Waals surface area contributed by atoms with Gasteiger partial charge in [-0.05, 0) is 24.3 Å². The molecule has 0 spiro atoms. The zero-order valence-electron chi connectivity index (χ0n) is 9.84. The Kier molecular flexibility index (Phi) is 4.47. The van der Waals surface area contributed by atoms with Gasteiger partial charge in [-0.1, -0.05) is 0 Å². The van der Waals surface area contributed by atoms with Gasteiger partial charge in [0.25, 0.3) is 0 Å². The van der Waals surface area contributed by atoms with Gasteiger partial charge in [-0.3, -0.25) is 4.79 Å². The molecule has 2 aromatic heterocycles. The Bertz CT molecular complexity index is 428. The van der Waals surface area contributed by atoms with Crippen molar-refractivity contribution >= 4 is 17.5 Å². The number of carbonyl (C=O) groups excluding carboxylic acids is 1. The second-order valence-corrected chi connectivity index (χ2v) is 4.23. The molecule has 0 unspecified atom stereocenters. The monoisotopic (exact) mass is 267 g/mol. The van der Waals surface area contributed by atoms with Gasteiger partial charge < -0.3 is 13.7 Å². The van der Waals surface area contributed by atoms with E-state index in [9.17, 15) is 4.79 Å². The maximum atomic E-state index is 12.0. The van der Waals surface area contributed by atoms with Crippen LogP contribution in [-0.2, 0) is 17.9 Å². The molecule has 96 valence electrons. The minimum Gasteiger partial charge on any atom is -0.467 e. The standard InChI is InChI=1S/C13H14ClNO3/c14-6-5-13(16)15(9-11-3-1-7-17-11)10-12-4-2-8-18-12/h1-4,7-8H,5-6,9-10H2. The smallest absolute Gasteiger partial charge is 0.224 e. The fourth-order valence-corrected chi connectivity index (χ4v) is 1.81. The molecule has 2 heterocycles. The third-order valence-electron chi connectivity index (χ3n) is 2.51. The highest BCUT2D eigenvalue weighted by Crippen LogP contribution is 2.12. The Morgan fingerprint density at radius 1 is 1.11 bits per heavy atom. The van der Waals surface area contributed by atoms with Crippen LogP contribution in [0, 0.1) is 0 Å². The zero-order chi connectivity index (χ0) is 12.8. The summed E-state index contributed by atoms with van der Waals surface area (Å²) in [6, 6.07) is 7.27. The molecule has 0 radical (unpaired) electrons. The Morgan fingerprint density at radius 3 is 2.06 bits per heavy atom. The van der Waals surface area contributed by atoms with Crippen LogP contribution >= 0.6 is 11.6 Å². The lowest BCUT2D eigenvalue weighted by atomic mass is 10.3. The highest BCUT2D eigenvalue weighted by atomic mass is 35.5. The molecule has 4 nitrogen and oxygen atoms in total. The third kappa shape index (κ3) is 3.40. The van der Waals surface area contributed by atoms with Crippen molar-refractivity contribution in [3.8, 4) is 0 Å². The molecular formula is C13H14ClNO3. The molecule has 18 heavy (non-hydrogen) atoms. The average molecular weight is 268 g/mol. The van der Waals surface area contributed by atoms with Crippen LogP contribution in [0.1, 0.15) is 17.9 Å². The number of hydrogen-bond donors (Lipinski definition) is 0. The summed E-state index contributed by atoms with van der Waals surface area (Å²) in [5.74, 6) is 1.78. The number of furan rings is 2. The van der Waals surface area contributed by atoms with Gasteiger partial charge in [-0.15, -0.1) is 11.6 Å². The number of hydrogen-bond acceptors (Lipinski definition) is 3. The molecule has 0 atom stereocenters. The molecule has 0 aliphatic carbocycles. The summed E-state index contributed by atoms with van der Waals surface area (Å²) < 4.78 is 10.5. The van der Waals surface area contributed by atoms with Crippen LogP contribution in [0.2, 0.25) is 0 Å². The summed E-state index contributed by atoms with van der Waals surface area (Å²) in [6.07, 6.45) is 3.49. The predicted molar refractivity (Wildman–Crippen MR) is 67.0 cm³/mol. The maximum Gasteiger partial charge on any atom is 0.224 e. The van der Waals surface area contributed by atoms with Crippen LogP contribution in [0.5, 0.6) is 0 Å². The van der Waals surface area contributed by atoms with Crippen molar-refractivity contribution in [2.24, 2.45) is 0 Å². The molecule has 0 bridgehead atoms. The summed E-state index contributed by atoms with van der Waals surface area (Å²) in [4.78, 5) is 13.6. The summed E-state index contributed by atoms with van der Waals surface area (Å²) in [5.41, 5.74) is 0. The van der Waals surface area contributed by atoms with Crippen molar-refractivity contribution in [1.29, 1.82) is 0 Å². The first-order valence-corrected chi connectivity index (χ1v) is 6.21. The van der Waals surface area contributed by atoms with E-state index < -0.39 is 0 Å². The molecular weight excluding hydrogens is 254 g/mol. The van der Waals surface area contributed by atoms with E-state index >= 15 is 0 Å². The molecule has 1 amide bonds. The fraction of sp³-hybridized carbons (Fsp3) is 0.308. The van der Waals surface area contributed by atoms with Crippen LogP contribution < -0.4 is 0 Å². The highest BCUT2D eigenvalue weighted by Gasteiger charge is 2.16. The van der Waals surface area contributed by atoms with Gasteiger partial charge in [-0.2, -0.15) is 0 Å². The molecule has 2 rings (SSSR count). The Morgan fingerprint density at radius 2 is 1.67 bits per heavy atom. The molecule has 0 fully saturated rings. The van der Waals surface area contributed by atoms with E-state index in [1.54, 1.807) is 29.6 Å². The molecule has 0 N–H and O–H groups in total. The second kappa shape index (κ2) is 6.31. The summed E-state index contributed by atoms with van der Waals surface area (Å²) in [5, 5.41) is 0. The number of nitrogens with zero attached hydrogens (tertiary/aromatic N) is 1. The van der Waals surface area contributed by atoms with Gasteiger partial charge in [0.1, 0.15) is 11.5 Å². The molecule has 2 aromatic rings. The first-order valence-electron chi connectivity index (χ1n) is 5.68. The maximum absolute atomic E-state index is 12.0. The van der Waals surface area contributed by atoms with Crippen LogP contribution in [0.4, 0.5) is 0 Å². The lowest BCUT2D eigenvalue weighted by molar-refractivity contribution is -0.132. The zero-order valence-corrected chi connectivity index (χ0v) is 10.6. The van der Waals surface area contributed by atoms with Crippen LogP contribution in [-0.4, -0.2) is 16.7 Å². The number of alkyl halides is 1. The van der Waals surface area contributed by atoms with Gasteiger partial charge >= 0.3 is 0 Å². The molecule has 5 heteroatoms. The number of halogens is 1. The van der Waals surface area contributed by atoms with E-state index in [4.69, 9.17) is 20.4 Å². The number of amides is 1. The first-order chi connectivity index (χ1) is 8.79. The molecule has 0 aliphatic heterocycles. The van der Waals surface area contributed by atoms with Crippen LogP contribution in [0.3, 0.4) is 0 Å². The topological polar surface area (TPSA) is 46.6 Å². The van der Waals surface area contributed by atoms with E-state index in [1.807, 2.05) is 12.1 Å². The van der Waals surface area contributed by atoms with Crippen molar-refractivity contribution in [3.05, 3.63) is 48.3 Å². The molecule has 0 saturated heterocycles. The Labute approximate surface area is 110 Å². The minimum atomic E-state index is -0.0159. The van der Waals surface area contributed by atoms with Crippen molar-refractivity contribution in [2.45, 2.75) is 19.5 Å². The number of rotatable bonds is 6. The van der Waals surface area contributed by atoms with Gasteiger partial charge in [0, 0.05) is 12.3 Å². The largest absolute Gasteiger partial charge is 0.467 e. The Hall–Kier alpha value is -1.68. The van der Waals surface area contributed by atoms with Gasteiger partial charge in [0.2, 0.25) is 5.91 Å². The normalized spacial score (nSPS) is 10.5. The van der Waals surface area contributed by atoms with E-state index in [0.29, 0.717) is 25.4 Å². The second-order valence-electron chi connectivity index (χ2n) is 3.85. The van der Waals surface area contributed by atoms with Crippen molar-refractivity contribution in [1.82, 2.24) is 4.90 Å². The van der Waals surface area contributed by atoms with Crippen LogP contribution in [0.25, 0.3) is 0 Å². The lowest BCUT2D eigenvalue weighted by Gasteiger charge is -2.20. The third-order valence-corrected chi connectivity index (χ3v) is 2.70. The van der Waals surface area contributed by atoms with Crippen LogP contribution in [0.15, 0.2) is 45.6 Å². The van der Waals surface area contributed by atoms with E-state index in [-0.39, 0.29) is 5.91 Å². The quantitative estimate of drug-likeness (QED) is 0.756. The van der Waals surface area contributed by atoms with Crippen molar-refractivity contribution in [2.75, 3.05) is 5.88 Å². The first kappa shape index (κ1) is 12.8. The summed E-state index contributed by atoms with van der Waals surface area (Å²) in [6.45, 7) is 0.840. The fourth-order valence-electron chi connectivity index (χ4n) is 1.65. The van der Waals surface area contributed by atoms with E-state index in [2.05, 4.69) is 0 Å². The van der Waals surface area contributed by atoms with Crippen molar-refractivity contribution in [3.63, 3.8) is 0 Å². The van der Waals surface area contributed by atoms with E-state index in [0.717, 1.165) is 11.5 Å². The average Bonchev–Trinajstić information content (AvgIpc) is 3.01. The molecule has 0 saturated carbocycles. The molecule has 0 aromatic carbocycles. The SMILES string of the molecule is O=C(CCCl)N(Cc1ccco1)Cc1ccco1. The predicted octanol–water partition coefficient (Wildman–Crippen LogP) is 3.03. The van der Waals surface area contributed by atoms with Gasteiger partial charge in [-0.25, -0.2) is 0 Å². The van der Waals surface area contributed by atoms with Gasteiger partial charge in [0.15, 0.2) is 0 Å². The van der Waals surface area contributed by atoms with Gasteiger partial charge in [0.05, 0.1) is 25.6 Å². The number of carbonyl (C=O) groups is 1. The lowest BCUT2D eigenvalue weighted by Crippen LogP contribution is -2.29. The molecule has 0 aliphatic rings. The van der Waals surface area contributed by atoms with E-state index in [1.165, 1.54) is 0 Å². The minimum absolute atomic E-state index is 0.0159. The Balaban J connectivity index is 2.04.